The van der Waals surface area contributed by atoms with Gasteiger partial charge >= 0.3 is 0 Å². The quantitative estimate of drug-likeness (QED) is 0.470. The molecule has 1 aromatic heterocycles. The maximum atomic E-state index is 13.3. The topological polar surface area (TPSA) is 68.5 Å². The molecule has 0 bridgehead atoms. The van der Waals surface area contributed by atoms with E-state index < -0.39 is 0 Å². The fourth-order valence-electron chi connectivity index (χ4n) is 3.37. The Morgan fingerprint density at radius 1 is 0.967 bits per heavy atom. The van der Waals surface area contributed by atoms with E-state index in [1.807, 2.05) is 24.3 Å². The monoisotopic (exact) mass is 407 g/mol. The third kappa shape index (κ3) is 3.87. The maximum Gasteiger partial charge on any atom is 0.204 e. The van der Waals surface area contributed by atoms with E-state index in [0.717, 1.165) is 22.2 Å². The molecule has 0 saturated heterocycles. The van der Waals surface area contributed by atoms with Crippen LogP contribution in [-0.2, 0) is 13.1 Å². The number of phenolic OH excluding ortho intramolecular Hbond substituents is 1. The number of hydrogen-bond donors (Lipinski definition) is 2. The van der Waals surface area contributed by atoms with Crippen LogP contribution in [0.5, 0.6) is 17.2 Å². The van der Waals surface area contributed by atoms with Crippen LogP contribution in [0.3, 0.4) is 0 Å². The molecule has 4 aromatic rings. The van der Waals surface area contributed by atoms with E-state index >= 15 is 0 Å². The molecule has 7 heteroatoms. The van der Waals surface area contributed by atoms with Crippen molar-refractivity contribution in [3.63, 3.8) is 0 Å². The number of phenols is 1. The standard InChI is InChI=1S/C23H22FN3O3/c1-29-20-11-16(12-21(30-2)22(20)28)13-25-23-26-18-5-3-4-6-19(18)27(23)14-15-7-9-17(24)10-8-15/h3-12,28H,13-14H2,1-2H3,(H,25,26). The second-order valence-corrected chi connectivity index (χ2v) is 6.84. The van der Waals surface area contributed by atoms with E-state index in [9.17, 15) is 9.50 Å². The van der Waals surface area contributed by atoms with Crippen LogP contribution in [0.15, 0.2) is 60.7 Å². The minimum absolute atomic E-state index is 0.0349. The summed E-state index contributed by atoms with van der Waals surface area (Å²) >= 11 is 0. The zero-order chi connectivity index (χ0) is 21.1. The third-order valence-corrected chi connectivity index (χ3v) is 4.90. The predicted octanol–water partition coefficient (Wildman–Crippen LogP) is 4.56. The first-order chi connectivity index (χ1) is 14.6. The second kappa shape index (κ2) is 8.32. The summed E-state index contributed by atoms with van der Waals surface area (Å²) in [6.45, 7) is 0.991. The number of para-hydroxylation sites is 2. The molecule has 0 spiro atoms. The maximum absolute atomic E-state index is 13.3. The van der Waals surface area contributed by atoms with Crippen LogP contribution in [-0.4, -0.2) is 28.9 Å². The molecule has 1 heterocycles. The van der Waals surface area contributed by atoms with Crippen molar-refractivity contribution in [2.75, 3.05) is 19.5 Å². The van der Waals surface area contributed by atoms with Gasteiger partial charge in [0.2, 0.25) is 11.7 Å². The molecule has 0 aliphatic rings. The zero-order valence-electron chi connectivity index (χ0n) is 16.7. The van der Waals surface area contributed by atoms with Crippen molar-refractivity contribution in [2.24, 2.45) is 0 Å². The number of hydrogen-bond acceptors (Lipinski definition) is 5. The van der Waals surface area contributed by atoms with Crippen LogP contribution in [0, 0.1) is 5.82 Å². The summed E-state index contributed by atoms with van der Waals surface area (Å²) in [6, 6.07) is 17.8. The average Bonchev–Trinajstić information content (AvgIpc) is 3.12. The van der Waals surface area contributed by atoms with Gasteiger partial charge in [-0.25, -0.2) is 9.37 Å². The summed E-state index contributed by atoms with van der Waals surface area (Å²) in [5.74, 6) is 1.07. The summed E-state index contributed by atoms with van der Waals surface area (Å²) < 4.78 is 25.8. The smallest absolute Gasteiger partial charge is 0.204 e. The second-order valence-electron chi connectivity index (χ2n) is 6.84. The first-order valence-corrected chi connectivity index (χ1v) is 9.46. The molecule has 0 fully saturated rings. The molecular weight excluding hydrogens is 385 g/mol. The summed E-state index contributed by atoms with van der Waals surface area (Å²) in [6.07, 6.45) is 0. The van der Waals surface area contributed by atoms with Gasteiger partial charge in [-0.15, -0.1) is 0 Å². The molecule has 154 valence electrons. The van der Waals surface area contributed by atoms with Gasteiger partial charge in [-0.05, 0) is 47.5 Å². The molecule has 0 atom stereocenters. The number of halogens is 1. The van der Waals surface area contributed by atoms with Crippen molar-refractivity contribution in [1.29, 1.82) is 0 Å². The van der Waals surface area contributed by atoms with E-state index in [1.54, 1.807) is 24.3 Å². The number of fused-ring (bicyclic) bond motifs is 1. The molecule has 4 rings (SSSR count). The zero-order valence-corrected chi connectivity index (χ0v) is 16.7. The Labute approximate surface area is 173 Å². The third-order valence-electron chi connectivity index (χ3n) is 4.90. The number of ether oxygens (including phenoxy) is 2. The molecule has 0 aliphatic carbocycles. The normalized spacial score (nSPS) is 10.9. The van der Waals surface area contributed by atoms with E-state index in [-0.39, 0.29) is 11.6 Å². The number of nitrogens with one attached hydrogen (secondary N) is 1. The van der Waals surface area contributed by atoms with Crippen molar-refractivity contribution in [2.45, 2.75) is 13.1 Å². The minimum atomic E-state index is -0.261. The number of anilines is 1. The number of benzene rings is 3. The van der Waals surface area contributed by atoms with Gasteiger partial charge in [0.15, 0.2) is 11.5 Å². The lowest BCUT2D eigenvalue weighted by molar-refractivity contribution is 0.339. The Morgan fingerprint density at radius 3 is 2.30 bits per heavy atom. The van der Waals surface area contributed by atoms with Crippen molar-refractivity contribution < 1.29 is 19.0 Å². The first-order valence-electron chi connectivity index (χ1n) is 9.46. The summed E-state index contributed by atoms with van der Waals surface area (Å²) in [7, 11) is 2.99. The van der Waals surface area contributed by atoms with Gasteiger partial charge in [0.1, 0.15) is 5.82 Å². The van der Waals surface area contributed by atoms with Crippen LogP contribution < -0.4 is 14.8 Å². The lowest BCUT2D eigenvalue weighted by Gasteiger charge is -2.14. The number of methoxy groups -OCH3 is 2. The highest BCUT2D eigenvalue weighted by molar-refractivity contribution is 5.78. The highest BCUT2D eigenvalue weighted by Gasteiger charge is 2.14. The lowest BCUT2D eigenvalue weighted by Crippen LogP contribution is -2.09. The largest absolute Gasteiger partial charge is 0.502 e. The molecule has 30 heavy (non-hydrogen) atoms. The van der Waals surface area contributed by atoms with E-state index in [4.69, 9.17) is 14.5 Å². The Balaban J connectivity index is 1.65. The van der Waals surface area contributed by atoms with Crippen molar-refractivity contribution in [3.8, 4) is 17.2 Å². The summed E-state index contributed by atoms with van der Waals surface area (Å²) in [5.41, 5.74) is 3.67. The molecular formula is C23H22FN3O3. The molecule has 2 N–H and O–H groups in total. The number of rotatable bonds is 7. The average molecular weight is 407 g/mol. The Kier molecular flexibility index (Phi) is 5.43. The number of nitrogens with zero attached hydrogens (tertiary/aromatic N) is 2. The van der Waals surface area contributed by atoms with Crippen molar-refractivity contribution in [3.05, 3.63) is 77.6 Å². The molecule has 0 unspecified atom stereocenters. The Morgan fingerprint density at radius 2 is 1.63 bits per heavy atom. The van der Waals surface area contributed by atoms with E-state index in [1.165, 1.54) is 26.4 Å². The van der Waals surface area contributed by atoms with Crippen molar-refractivity contribution >= 4 is 17.0 Å². The van der Waals surface area contributed by atoms with E-state index in [2.05, 4.69) is 9.88 Å². The number of imidazole rings is 1. The van der Waals surface area contributed by atoms with Gasteiger partial charge < -0.3 is 24.5 Å². The SMILES string of the molecule is COc1cc(CNc2nc3ccccc3n2Cc2ccc(F)cc2)cc(OC)c1O. The number of aromatic hydroxyl groups is 1. The predicted molar refractivity (Wildman–Crippen MR) is 114 cm³/mol. The van der Waals surface area contributed by atoms with Gasteiger partial charge in [0.05, 0.1) is 31.8 Å². The van der Waals surface area contributed by atoms with Crippen LogP contribution in [0.1, 0.15) is 11.1 Å². The molecule has 6 nitrogen and oxygen atoms in total. The first kappa shape index (κ1) is 19.6. The van der Waals surface area contributed by atoms with E-state index in [0.29, 0.717) is 30.5 Å². The molecule has 0 aliphatic heterocycles. The summed E-state index contributed by atoms with van der Waals surface area (Å²) in [5, 5.41) is 13.5. The van der Waals surface area contributed by atoms with Crippen LogP contribution in [0.2, 0.25) is 0 Å². The minimum Gasteiger partial charge on any atom is -0.502 e. The fourth-order valence-corrected chi connectivity index (χ4v) is 3.37. The summed E-state index contributed by atoms with van der Waals surface area (Å²) in [4.78, 5) is 4.71. The van der Waals surface area contributed by atoms with Gasteiger partial charge in [-0.1, -0.05) is 24.3 Å². The highest BCUT2D eigenvalue weighted by atomic mass is 19.1. The molecule has 3 aromatic carbocycles. The lowest BCUT2D eigenvalue weighted by atomic mass is 10.2. The van der Waals surface area contributed by atoms with Gasteiger partial charge in [0, 0.05) is 6.54 Å². The van der Waals surface area contributed by atoms with Gasteiger partial charge in [-0.3, -0.25) is 0 Å². The van der Waals surface area contributed by atoms with Crippen molar-refractivity contribution in [1.82, 2.24) is 9.55 Å². The molecule has 0 amide bonds. The van der Waals surface area contributed by atoms with Crippen LogP contribution in [0.4, 0.5) is 10.3 Å². The van der Waals surface area contributed by atoms with Crippen LogP contribution >= 0.6 is 0 Å². The van der Waals surface area contributed by atoms with Gasteiger partial charge in [0.25, 0.3) is 0 Å². The fraction of sp³-hybridized carbons (Fsp3) is 0.174. The Hall–Kier alpha value is -3.74. The van der Waals surface area contributed by atoms with Crippen LogP contribution in [0.25, 0.3) is 11.0 Å². The van der Waals surface area contributed by atoms with Gasteiger partial charge in [-0.2, -0.15) is 0 Å². The molecule has 0 saturated carbocycles. The molecule has 0 radical (unpaired) electrons. The highest BCUT2D eigenvalue weighted by Crippen LogP contribution is 2.37. The number of aromatic nitrogens is 2. The Bertz CT molecular complexity index is 1150.